The fourth-order valence-electron chi connectivity index (χ4n) is 1.58. The van der Waals surface area contributed by atoms with Crippen molar-refractivity contribution in [3.05, 3.63) is 34.3 Å². The average molecular weight is 221 g/mol. The molecule has 2 heterocycles. The van der Waals surface area contributed by atoms with Crippen molar-refractivity contribution in [1.82, 2.24) is 14.5 Å². The Morgan fingerprint density at radius 1 is 1.47 bits per heavy atom. The maximum absolute atomic E-state index is 4.46. The molecule has 3 nitrogen and oxygen atoms in total. The van der Waals surface area contributed by atoms with Gasteiger partial charge in [-0.2, -0.15) is 0 Å². The topological polar surface area (TPSA) is 30.7 Å². The van der Waals surface area contributed by atoms with Gasteiger partial charge in [-0.1, -0.05) is 13.8 Å². The predicted molar refractivity (Wildman–Crippen MR) is 62.3 cm³/mol. The number of imidazole rings is 1. The number of thiazole rings is 1. The molecule has 0 aromatic carbocycles. The first-order valence-corrected chi connectivity index (χ1v) is 5.97. The minimum atomic E-state index is 0.459. The van der Waals surface area contributed by atoms with Crippen molar-refractivity contribution in [2.45, 2.75) is 33.2 Å². The van der Waals surface area contributed by atoms with Gasteiger partial charge in [0.15, 0.2) is 0 Å². The highest BCUT2D eigenvalue weighted by molar-refractivity contribution is 7.09. The van der Waals surface area contributed by atoms with E-state index in [1.807, 2.05) is 19.3 Å². The number of nitrogens with zero attached hydrogens (tertiary/aromatic N) is 3. The molecule has 2 aromatic heterocycles. The summed E-state index contributed by atoms with van der Waals surface area (Å²) in [6, 6.07) is 0. The SMILES string of the molecule is Cc1csc(Cn2ccnc2C(C)C)n1. The van der Waals surface area contributed by atoms with Crippen LogP contribution in [0.1, 0.15) is 36.3 Å². The quantitative estimate of drug-likeness (QED) is 0.798. The van der Waals surface area contributed by atoms with Gasteiger partial charge in [-0.3, -0.25) is 0 Å². The third-order valence-electron chi connectivity index (χ3n) is 2.24. The maximum atomic E-state index is 4.46. The van der Waals surface area contributed by atoms with Crippen LogP contribution < -0.4 is 0 Å². The van der Waals surface area contributed by atoms with Gasteiger partial charge in [-0.25, -0.2) is 9.97 Å². The lowest BCUT2D eigenvalue weighted by Crippen LogP contribution is -2.05. The van der Waals surface area contributed by atoms with E-state index in [2.05, 4.69) is 33.8 Å². The van der Waals surface area contributed by atoms with E-state index in [1.54, 1.807) is 11.3 Å². The highest BCUT2D eigenvalue weighted by Crippen LogP contribution is 2.15. The highest BCUT2D eigenvalue weighted by atomic mass is 32.1. The van der Waals surface area contributed by atoms with Crippen molar-refractivity contribution in [2.24, 2.45) is 0 Å². The molecule has 2 rings (SSSR count). The van der Waals surface area contributed by atoms with Gasteiger partial charge < -0.3 is 4.57 Å². The van der Waals surface area contributed by atoms with E-state index in [0.29, 0.717) is 5.92 Å². The Hall–Kier alpha value is -1.16. The molecule has 15 heavy (non-hydrogen) atoms. The Labute approximate surface area is 93.8 Å². The van der Waals surface area contributed by atoms with Crippen LogP contribution in [0.2, 0.25) is 0 Å². The smallest absolute Gasteiger partial charge is 0.113 e. The van der Waals surface area contributed by atoms with E-state index in [1.165, 1.54) is 0 Å². The number of aromatic nitrogens is 3. The molecule has 0 spiro atoms. The molecule has 0 radical (unpaired) electrons. The van der Waals surface area contributed by atoms with Crippen LogP contribution in [0.25, 0.3) is 0 Å². The molecule has 0 aliphatic carbocycles. The Morgan fingerprint density at radius 3 is 2.87 bits per heavy atom. The van der Waals surface area contributed by atoms with Gasteiger partial charge in [0.2, 0.25) is 0 Å². The third-order valence-corrected chi connectivity index (χ3v) is 3.19. The van der Waals surface area contributed by atoms with Crippen molar-refractivity contribution in [3.8, 4) is 0 Å². The van der Waals surface area contributed by atoms with Gasteiger partial charge in [0.05, 0.1) is 6.54 Å². The zero-order valence-corrected chi connectivity index (χ0v) is 10.1. The Morgan fingerprint density at radius 2 is 2.27 bits per heavy atom. The minimum Gasteiger partial charge on any atom is -0.328 e. The van der Waals surface area contributed by atoms with E-state index in [9.17, 15) is 0 Å². The summed E-state index contributed by atoms with van der Waals surface area (Å²) >= 11 is 1.71. The molecule has 0 aliphatic heterocycles. The molecule has 0 aliphatic rings. The van der Waals surface area contributed by atoms with Crippen molar-refractivity contribution in [3.63, 3.8) is 0 Å². The van der Waals surface area contributed by atoms with Gasteiger partial charge in [0.1, 0.15) is 10.8 Å². The van der Waals surface area contributed by atoms with Crippen molar-refractivity contribution in [2.75, 3.05) is 0 Å². The predicted octanol–water partition coefficient (Wildman–Crippen LogP) is 2.82. The lowest BCUT2D eigenvalue weighted by atomic mass is 10.2. The molecule has 0 unspecified atom stereocenters. The van der Waals surface area contributed by atoms with E-state index < -0.39 is 0 Å². The molecule has 0 saturated carbocycles. The number of hydrogen-bond donors (Lipinski definition) is 0. The van der Waals surface area contributed by atoms with Crippen molar-refractivity contribution >= 4 is 11.3 Å². The molecular formula is C11H15N3S. The molecule has 80 valence electrons. The lowest BCUT2D eigenvalue weighted by Gasteiger charge is -2.08. The molecule has 0 saturated heterocycles. The van der Waals surface area contributed by atoms with Crippen LogP contribution in [0.15, 0.2) is 17.8 Å². The van der Waals surface area contributed by atoms with Crippen molar-refractivity contribution in [1.29, 1.82) is 0 Å². The number of aryl methyl sites for hydroxylation is 1. The zero-order valence-electron chi connectivity index (χ0n) is 9.27. The summed E-state index contributed by atoms with van der Waals surface area (Å²) in [6.45, 7) is 7.18. The first kappa shape index (κ1) is 10.4. The van der Waals surface area contributed by atoms with Crippen molar-refractivity contribution < 1.29 is 0 Å². The molecule has 0 fully saturated rings. The minimum absolute atomic E-state index is 0.459. The molecule has 0 amide bonds. The molecule has 0 N–H and O–H groups in total. The van der Waals surface area contributed by atoms with Gasteiger partial charge in [0.25, 0.3) is 0 Å². The summed E-state index contributed by atoms with van der Waals surface area (Å²) < 4.78 is 2.17. The summed E-state index contributed by atoms with van der Waals surface area (Å²) in [5, 5.41) is 3.23. The first-order chi connectivity index (χ1) is 7.16. The van der Waals surface area contributed by atoms with Gasteiger partial charge >= 0.3 is 0 Å². The second-order valence-electron chi connectivity index (χ2n) is 3.95. The second kappa shape index (κ2) is 4.14. The van der Waals surface area contributed by atoms with Gasteiger partial charge in [0, 0.05) is 29.4 Å². The summed E-state index contributed by atoms with van der Waals surface area (Å²) in [7, 11) is 0. The third kappa shape index (κ3) is 2.26. The van der Waals surface area contributed by atoms with E-state index in [4.69, 9.17) is 0 Å². The fraction of sp³-hybridized carbons (Fsp3) is 0.455. The summed E-state index contributed by atoms with van der Waals surface area (Å²) in [6.07, 6.45) is 3.88. The summed E-state index contributed by atoms with van der Waals surface area (Å²) in [5.41, 5.74) is 1.10. The zero-order chi connectivity index (χ0) is 10.8. The molecule has 0 atom stereocenters. The highest BCUT2D eigenvalue weighted by Gasteiger charge is 2.08. The number of rotatable bonds is 3. The van der Waals surface area contributed by atoms with E-state index in [-0.39, 0.29) is 0 Å². The monoisotopic (exact) mass is 221 g/mol. The Balaban J connectivity index is 2.20. The molecular weight excluding hydrogens is 206 g/mol. The van der Waals surface area contributed by atoms with Crippen LogP contribution in [0.5, 0.6) is 0 Å². The number of hydrogen-bond acceptors (Lipinski definition) is 3. The van der Waals surface area contributed by atoms with E-state index in [0.717, 1.165) is 23.1 Å². The molecule has 4 heteroatoms. The normalized spacial score (nSPS) is 11.2. The maximum Gasteiger partial charge on any atom is 0.113 e. The van der Waals surface area contributed by atoms with Gasteiger partial charge in [-0.15, -0.1) is 11.3 Å². The van der Waals surface area contributed by atoms with Crippen LogP contribution >= 0.6 is 11.3 Å². The fourth-order valence-corrected chi connectivity index (χ4v) is 2.35. The first-order valence-electron chi connectivity index (χ1n) is 5.09. The largest absolute Gasteiger partial charge is 0.328 e. The van der Waals surface area contributed by atoms with Crippen LogP contribution in [-0.2, 0) is 6.54 Å². The summed E-state index contributed by atoms with van der Waals surface area (Å²) in [4.78, 5) is 8.81. The standard InChI is InChI=1S/C11H15N3S/c1-8(2)11-12-4-5-14(11)6-10-13-9(3)7-15-10/h4-5,7-8H,6H2,1-3H3. The average Bonchev–Trinajstić information content (AvgIpc) is 2.75. The Kier molecular flexibility index (Phi) is 2.86. The van der Waals surface area contributed by atoms with Crippen LogP contribution in [0.4, 0.5) is 0 Å². The second-order valence-corrected chi connectivity index (χ2v) is 4.89. The van der Waals surface area contributed by atoms with Crippen LogP contribution in [0.3, 0.4) is 0 Å². The molecule has 0 bridgehead atoms. The van der Waals surface area contributed by atoms with Gasteiger partial charge in [-0.05, 0) is 6.92 Å². The summed E-state index contributed by atoms with van der Waals surface area (Å²) in [5.74, 6) is 1.59. The lowest BCUT2D eigenvalue weighted by molar-refractivity contribution is 0.667. The van der Waals surface area contributed by atoms with Crippen LogP contribution in [-0.4, -0.2) is 14.5 Å². The van der Waals surface area contributed by atoms with Crippen LogP contribution in [0, 0.1) is 6.92 Å². The Bertz CT molecular complexity index is 442. The molecule has 2 aromatic rings. The van der Waals surface area contributed by atoms with E-state index >= 15 is 0 Å².